The molecular formula is C10H7ClFNO. The highest BCUT2D eigenvalue weighted by Crippen LogP contribution is 2.04. The molecule has 0 atom stereocenters. The Bertz CT molecular complexity index is 510. The van der Waals surface area contributed by atoms with Crippen LogP contribution in [-0.2, 0) is 11.2 Å². The minimum Gasteiger partial charge on any atom is -0.267 e. The zero-order valence-corrected chi connectivity index (χ0v) is 8.01. The van der Waals surface area contributed by atoms with Gasteiger partial charge in [-0.25, -0.2) is 9.38 Å². The molecule has 0 unspecified atom stereocenters. The molecule has 0 aromatic heterocycles. The predicted octanol–water partition coefficient (Wildman–Crippen LogP) is 0.547. The molecule has 1 aromatic carbocycles. The van der Waals surface area contributed by atoms with Crippen LogP contribution in [-0.4, -0.2) is 11.8 Å². The van der Waals surface area contributed by atoms with Crippen LogP contribution in [0.5, 0.6) is 0 Å². The molecule has 2 nitrogen and oxygen atoms in total. The Hall–Kier alpha value is -1.22. The van der Waals surface area contributed by atoms with Gasteiger partial charge in [-0.05, 0) is 18.1 Å². The predicted molar refractivity (Wildman–Crippen MR) is 51.1 cm³/mol. The minimum absolute atomic E-state index is 0.331. The SMILES string of the molecule is O=C1C=c2cc(CCCl)c(F)cc2=N1. The number of aryl methyl sites for hydroxylation is 1. The molecule has 0 fully saturated rings. The quantitative estimate of drug-likeness (QED) is 0.657. The zero-order chi connectivity index (χ0) is 10.1. The highest BCUT2D eigenvalue weighted by atomic mass is 35.5. The molecule has 1 heterocycles. The molecule has 0 spiro atoms. The monoisotopic (exact) mass is 211 g/mol. The number of hydrogen-bond acceptors (Lipinski definition) is 1. The molecular weight excluding hydrogens is 205 g/mol. The smallest absolute Gasteiger partial charge is 0.267 e. The summed E-state index contributed by atoms with van der Waals surface area (Å²) in [7, 11) is 0. The van der Waals surface area contributed by atoms with Crippen molar-refractivity contribution in [1.82, 2.24) is 0 Å². The Morgan fingerprint density at radius 3 is 2.93 bits per heavy atom. The van der Waals surface area contributed by atoms with Gasteiger partial charge in [0.05, 0.1) is 5.36 Å². The van der Waals surface area contributed by atoms with Gasteiger partial charge in [0.15, 0.2) is 0 Å². The van der Waals surface area contributed by atoms with E-state index in [9.17, 15) is 9.18 Å². The maximum atomic E-state index is 13.3. The van der Waals surface area contributed by atoms with Gasteiger partial charge in [0.2, 0.25) is 0 Å². The molecule has 1 aliphatic rings. The molecule has 72 valence electrons. The van der Waals surface area contributed by atoms with Crippen molar-refractivity contribution in [3.63, 3.8) is 0 Å². The van der Waals surface area contributed by atoms with Crippen molar-refractivity contribution in [2.75, 3.05) is 5.88 Å². The number of rotatable bonds is 2. The summed E-state index contributed by atoms with van der Waals surface area (Å²) in [4.78, 5) is 14.6. The Balaban J connectivity index is 2.62. The van der Waals surface area contributed by atoms with E-state index in [0.29, 0.717) is 28.4 Å². The van der Waals surface area contributed by atoms with E-state index < -0.39 is 0 Å². The normalized spacial score (nSPS) is 13.4. The fourth-order valence-electron chi connectivity index (χ4n) is 1.42. The van der Waals surface area contributed by atoms with E-state index in [4.69, 9.17) is 11.6 Å². The molecule has 1 aliphatic heterocycles. The third-order valence-electron chi connectivity index (χ3n) is 2.07. The first-order valence-electron chi connectivity index (χ1n) is 4.19. The van der Waals surface area contributed by atoms with Gasteiger partial charge in [-0.1, -0.05) is 0 Å². The summed E-state index contributed by atoms with van der Waals surface area (Å²) in [6, 6.07) is 2.90. The van der Waals surface area contributed by atoms with E-state index in [1.807, 2.05) is 0 Å². The first-order chi connectivity index (χ1) is 6.70. The number of amides is 1. The van der Waals surface area contributed by atoms with Gasteiger partial charge in [-0.15, -0.1) is 11.6 Å². The number of carbonyl (C=O) groups is 1. The molecule has 1 aromatic rings. The van der Waals surface area contributed by atoms with Crippen LogP contribution in [0.25, 0.3) is 6.08 Å². The van der Waals surface area contributed by atoms with Crippen molar-refractivity contribution in [2.45, 2.75) is 6.42 Å². The van der Waals surface area contributed by atoms with Gasteiger partial charge in [0.25, 0.3) is 5.91 Å². The fourth-order valence-corrected chi connectivity index (χ4v) is 1.62. The van der Waals surface area contributed by atoms with E-state index in [2.05, 4.69) is 4.99 Å². The third kappa shape index (κ3) is 1.55. The topological polar surface area (TPSA) is 29.4 Å². The number of fused-ring (bicyclic) bond motifs is 1. The van der Waals surface area contributed by atoms with Gasteiger partial charge >= 0.3 is 0 Å². The molecule has 0 saturated carbocycles. The summed E-state index contributed by atoms with van der Waals surface area (Å²) in [5, 5.41) is 1.09. The van der Waals surface area contributed by atoms with E-state index in [-0.39, 0.29) is 11.7 Å². The second-order valence-corrected chi connectivity index (χ2v) is 3.41. The van der Waals surface area contributed by atoms with Crippen molar-refractivity contribution < 1.29 is 9.18 Å². The first kappa shape index (κ1) is 9.34. The van der Waals surface area contributed by atoms with Crippen LogP contribution in [0.2, 0.25) is 0 Å². The lowest BCUT2D eigenvalue weighted by Crippen LogP contribution is -2.23. The Labute approximate surface area is 84.7 Å². The highest BCUT2D eigenvalue weighted by Gasteiger charge is 2.08. The van der Waals surface area contributed by atoms with Crippen LogP contribution in [0.15, 0.2) is 17.1 Å². The van der Waals surface area contributed by atoms with Crippen LogP contribution in [0, 0.1) is 5.82 Å². The lowest BCUT2D eigenvalue weighted by Gasteiger charge is -1.98. The van der Waals surface area contributed by atoms with Crippen LogP contribution in [0.4, 0.5) is 4.39 Å². The summed E-state index contributed by atoms with van der Waals surface area (Å²) < 4.78 is 13.3. The number of alkyl halides is 1. The Morgan fingerprint density at radius 2 is 2.21 bits per heavy atom. The summed E-state index contributed by atoms with van der Waals surface area (Å²) in [6.45, 7) is 0. The number of nitrogens with zero attached hydrogens (tertiary/aromatic N) is 1. The minimum atomic E-state index is -0.351. The van der Waals surface area contributed by atoms with E-state index in [1.165, 1.54) is 12.1 Å². The molecule has 1 amide bonds. The molecule has 14 heavy (non-hydrogen) atoms. The van der Waals surface area contributed by atoms with E-state index in [1.54, 1.807) is 6.07 Å². The lowest BCUT2D eigenvalue weighted by atomic mass is 10.1. The molecule has 0 N–H and O–H groups in total. The molecule has 0 aliphatic carbocycles. The maximum Gasteiger partial charge on any atom is 0.270 e. The Morgan fingerprint density at radius 1 is 1.43 bits per heavy atom. The van der Waals surface area contributed by atoms with Gasteiger partial charge in [0.1, 0.15) is 5.82 Å². The number of hydrogen-bond donors (Lipinski definition) is 0. The fraction of sp³-hybridized carbons (Fsp3) is 0.200. The van der Waals surface area contributed by atoms with E-state index >= 15 is 0 Å². The molecule has 2 rings (SSSR count). The third-order valence-corrected chi connectivity index (χ3v) is 2.26. The van der Waals surface area contributed by atoms with Crippen LogP contribution < -0.4 is 10.6 Å². The molecule has 0 saturated heterocycles. The number of carbonyl (C=O) groups excluding carboxylic acids is 1. The van der Waals surface area contributed by atoms with Crippen molar-refractivity contribution in [1.29, 1.82) is 0 Å². The maximum absolute atomic E-state index is 13.3. The summed E-state index contributed by atoms with van der Waals surface area (Å²) in [5.74, 6) is -0.320. The second kappa shape index (κ2) is 3.50. The standard InChI is InChI=1S/C10H7ClFNO/c11-2-1-6-3-7-4-10(14)13-9(7)5-8(6)12/h3-5H,1-2H2. The van der Waals surface area contributed by atoms with Gasteiger partial charge in [-0.2, -0.15) is 0 Å². The lowest BCUT2D eigenvalue weighted by molar-refractivity contribution is -0.112. The van der Waals surface area contributed by atoms with Crippen molar-refractivity contribution in [3.8, 4) is 0 Å². The summed E-state index contributed by atoms with van der Waals surface area (Å²) in [5.41, 5.74) is 0.528. The average molecular weight is 212 g/mol. The van der Waals surface area contributed by atoms with Crippen molar-refractivity contribution in [2.24, 2.45) is 4.99 Å². The number of benzene rings is 1. The largest absolute Gasteiger partial charge is 0.270 e. The Kier molecular flexibility index (Phi) is 2.33. The second-order valence-electron chi connectivity index (χ2n) is 3.04. The molecule has 0 bridgehead atoms. The van der Waals surface area contributed by atoms with Crippen LogP contribution >= 0.6 is 11.6 Å². The zero-order valence-electron chi connectivity index (χ0n) is 7.26. The number of halogens is 2. The van der Waals surface area contributed by atoms with E-state index in [0.717, 1.165) is 0 Å². The van der Waals surface area contributed by atoms with Crippen LogP contribution in [0.1, 0.15) is 5.56 Å². The summed E-state index contributed by atoms with van der Waals surface area (Å²) in [6.07, 6.45) is 1.86. The molecule has 4 heteroatoms. The highest BCUT2D eigenvalue weighted by molar-refractivity contribution is 6.18. The average Bonchev–Trinajstić information content (AvgIpc) is 2.45. The molecule has 0 radical (unpaired) electrons. The van der Waals surface area contributed by atoms with Crippen molar-refractivity contribution >= 4 is 23.6 Å². The van der Waals surface area contributed by atoms with Gasteiger partial charge in [0, 0.05) is 23.2 Å². The van der Waals surface area contributed by atoms with Gasteiger partial charge in [-0.3, -0.25) is 4.79 Å². The summed E-state index contributed by atoms with van der Waals surface area (Å²) >= 11 is 5.52. The van der Waals surface area contributed by atoms with Crippen molar-refractivity contribution in [3.05, 3.63) is 34.1 Å². The first-order valence-corrected chi connectivity index (χ1v) is 4.73. The van der Waals surface area contributed by atoms with Crippen LogP contribution in [0.3, 0.4) is 0 Å². The van der Waals surface area contributed by atoms with Gasteiger partial charge < -0.3 is 0 Å².